The number of benzene rings is 3. The van der Waals surface area contributed by atoms with Crippen LogP contribution >= 0.6 is 0 Å². The van der Waals surface area contributed by atoms with Gasteiger partial charge in [0.2, 0.25) is 0 Å². The monoisotopic (exact) mass is 453 g/mol. The van der Waals surface area contributed by atoms with Crippen molar-refractivity contribution in [2.75, 3.05) is 32.4 Å². The predicted octanol–water partition coefficient (Wildman–Crippen LogP) is 3.11. The minimum atomic E-state index is -3.69. The molecular formula is C23H23N3O5S. The van der Waals surface area contributed by atoms with Crippen molar-refractivity contribution in [1.82, 2.24) is 9.80 Å². The Morgan fingerprint density at radius 3 is 2.38 bits per heavy atom. The summed E-state index contributed by atoms with van der Waals surface area (Å²) >= 11 is 0. The Labute approximate surface area is 186 Å². The summed E-state index contributed by atoms with van der Waals surface area (Å²) in [5, 5.41) is 13.6. The number of carbonyl (C=O) groups is 1. The number of hydrogen-bond acceptors (Lipinski definition) is 6. The van der Waals surface area contributed by atoms with Crippen molar-refractivity contribution in [2.24, 2.45) is 0 Å². The number of nitrogens with zero attached hydrogens (tertiary/aromatic N) is 3. The molecule has 3 aromatic rings. The van der Waals surface area contributed by atoms with Crippen LogP contribution in [0.1, 0.15) is 15.9 Å². The third kappa shape index (κ3) is 4.63. The number of amides is 1. The lowest BCUT2D eigenvalue weighted by Crippen LogP contribution is -2.48. The van der Waals surface area contributed by atoms with Gasteiger partial charge in [0.25, 0.3) is 11.6 Å². The first kappa shape index (κ1) is 21.9. The second-order valence-corrected chi connectivity index (χ2v) is 9.97. The molecular weight excluding hydrogens is 430 g/mol. The molecule has 4 rings (SSSR count). The van der Waals surface area contributed by atoms with Crippen LogP contribution in [-0.2, 0) is 16.4 Å². The normalized spacial score (nSPS) is 15.1. The zero-order valence-electron chi connectivity index (χ0n) is 17.6. The fourth-order valence-corrected chi connectivity index (χ4v) is 4.67. The Morgan fingerprint density at radius 2 is 1.69 bits per heavy atom. The van der Waals surface area contributed by atoms with Gasteiger partial charge in [0, 0.05) is 56.7 Å². The smallest absolute Gasteiger partial charge is 0.271 e. The molecule has 166 valence electrons. The molecule has 0 radical (unpaired) electrons. The van der Waals surface area contributed by atoms with E-state index in [-0.39, 0.29) is 10.5 Å². The Kier molecular flexibility index (Phi) is 5.94. The quantitative estimate of drug-likeness (QED) is 0.435. The second-order valence-electron chi connectivity index (χ2n) is 7.95. The highest BCUT2D eigenvalue weighted by molar-refractivity contribution is 7.90. The van der Waals surface area contributed by atoms with E-state index in [1.807, 2.05) is 18.2 Å². The van der Waals surface area contributed by atoms with Gasteiger partial charge in [0.15, 0.2) is 9.84 Å². The van der Waals surface area contributed by atoms with Gasteiger partial charge in [0.05, 0.1) is 9.82 Å². The number of non-ortho nitro benzene ring substituents is 1. The molecule has 1 aliphatic heterocycles. The number of fused-ring (bicyclic) bond motifs is 1. The maximum absolute atomic E-state index is 13.0. The highest BCUT2D eigenvalue weighted by Gasteiger charge is 2.25. The summed E-state index contributed by atoms with van der Waals surface area (Å²) in [6.45, 7) is 2.99. The summed E-state index contributed by atoms with van der Waals surface area (Å²) in [6.07, 6.45) is 0.965. The van der Waals surface area contributed by atoms with Gasteiger partial charge in [-0.1, -0.05) is 42.5 Å². The van der Waals surface area contributed by atoms with E-state index < -0.39 is 26.4 Å². The van der Waals surface area contributed by atoms with Crippen LogP contribution in [0.3, 0.4) is 0 Å². The summed E-state index contributed by atoms with van der Waals surface area (Å²) in [6, 6.07) is 17.8. The van der Waals surface area contributed by atoms with Crippen LogP contribution in [0.15, 0.2) is 65.6 Å². The van der Waals surface area contributed by atoms with E-state index in [0.29, 0.717) is 26.2 Å². The van der Waals surface area contributed by atoms with Crippen molar-refractivity contribution in [3.63, 3.8) is 0 Å². The summed E-state index contributed by atoms with van der Waals surface area (Å²) < 4.78 is 23.8. The molecule has 1 heterocycles. The summed E-state index contributed by atoms with van der Waals surface area (Å²) in [7, 11) is -3.69. The van der Waals surface area contributed by atoms with Crippen LogP contribution in [0.25, 0.3) is 10.8 Å². The van der Waals surface area contributed by atoms with Crippen molar-refractivity contribution < 1.29 is 18.1 Å². The fourth-order valence-electron chi connectivity index (χ4n) is 3.99. The number of carbonyl (C=O) groups excluding carboxylic acids is 1. The van der Waals surface area contributed by atoms with E-state index in [4.69, 9.17) is 0 Å². The van der Waals surface area contributed by atoms with Gasteiger partial charge in [-0.2, -0.15) is 0 Å². The fraction of sp³-hybridized carbons (Fsp3) is 0.261. The van der Waals surface area contributed by atoms with Crippen LogP contribution in [0.2, 0.25) is 0 Å². The average Bonchev–Trinajstić information content (AvgIpc) is 2.78. The van der Waals surface area contributed by atoms with E-state index in [0.717, 1.165) is 24.9 Å². The summed E-state index contributed by atoms with van der Waals surface area (Å²) in [4.78, 5) is 27.2. The van der Waals surface area contributed by atoms with E-state index in [1.54, 1.807) is 4.90 Å². The number of piperazine rings is 1. The van der Waals surface area contributed by atoms with Gasteiger partial charge >= 0.3 is 0 Å². The van der Waals surface area contributed by atoms with Gasteiger partial charge in [0.1, 0.15) is 0 Å². The van der Waals surface area contributed by atoms with Gasteiger partial charge < -0.3 is 4.90 Å². The van der Waals surface area contributed by atoms with Crippen molar-refractivity contribution in [3.05, 3.63) is 81.9 Å². The Balaban J connectivity index is 1.48. The molecule has 0 aromatic heterocycles. The zero-order valence-corrected chi connectivity index (χ0v) is 18.4. The largest absolute Gasteiger partial charge is 0.336 e. The number of sulfone groups is 1. The first-order chi connectivity index (χ1) is 15.2. The highest BCUT2D eigenvalue weighted by atomic mass is 32.2. The number of rotatable bonds is 5. The van der Waals surface area contributed by atoms with Crippen LogP contribution in [0.5, 0.6) is 0 Å². The minimum absolute atomic E-state index is 0.0159. The molecule has 9 heteroatoms. The average molecular weight is 454 g/mol. The Morgan fingerprint density at radius 1 is 1.00 bits per heavy atom. The lowest BCUT2D eigenvalue weighted by Gasteiger charge is -2.35. The summed E-state index contributed by atoms with van der Waals surface area (Å²) in [5.74, 6) is -0.400. The molecule has 0 aliphatic carbocycles. The van der Waals surface area contributed by atoms with Gasteiger partial charge in [-0.3, -0.25) is 19.8 Å². The molecule has 0 N–H and O–H groups in total. The van der Waals surface area contributed by atoms with Crippen molar-refractivity contribution in [3.8, 4) is 0 Å². The number of nitro groups is 1. The zero-order chi connectivity index (χ0) is 22.9. The molecule has 32 heavy (non-hydrogen) atoms. The topological polar surface area (TPSA) is 101 Å². The van der Waals surface area contributed by atoms with Crippen LogP contribution in [0.4, 0.5) is 5.69 Å². The van der Waals surface area contributed by atoms with E-state index >= 15 is 0 Å². The lowest BCUT2D eigenvalue weighted by molar-refractivity contribution is -0.385. The standard InChI is InChI=1S/C23H23N3O5S/c1-32(30,31)21-14-19(13-20(15-21)26(28)29)23(27)25-11-9-24(10-12-25)16-18-7-4-6-17-5-2-3-8-22(17)18/h2-8,13-15H,9-12,16H2,1H3. The van der Waals surface area contributed by atoms with Crippen molar-refractivity contribution in [1.29, 1.82) is 0 Å². The lowest BCUT2D eigenvalue weighted by atomic mass is 10.0. The first-order valence-electron chi connectivity index (χ1n) is 10.2. The molecule has 0 saturated carbocycles. The van der Waals surface area contributed by atoms with E-state index in [1.165, 1.54) is 22.4 Å². The molecule has 0 atom stereocenters. The molecule has 1 saturated heterocycles. The maximum atomic E-state index is 13.0. The van der Waals surface area contributed by atoms with Crippen molar-refractivity contribution >= 4 is 32.2 Å². The summed E-state index contributed by atoms with van der Waals surface area (Å²) in [5.41, 5.74) is 0.826. The molecule has 0 unspecified atom stereocenters. The second kappa shape index (κ2) is 8.68. The Bertz CT molecular complexity index is 1290. The highest BCUT2D eigenvalue weighted by Crippen LogP contribution is 2.24. The third-order valence-electron chi connectivity index (χ3n) is 5.71. The van der Waals surface area contributed by atoms with Crippen LogP contribution < -0.4 is 0 Å². The third-order valence-corrected chi connectivity index (χ3v) is 6.80. The number of hydrogen-bond donors (Lipinski definition) is 0. The Hall–Kier alpha value is -3.30. The molecule has 3 aromatic carbocycles. The van der Waals surface area contributed by atoms with E-state index in [9.17, 15) is 23.3 Å². The predicted molar refractivity (Wildman–Crippen MR) is 121 cm³/mol. The van der Waals surface area contributed by atoms with Crippen LogP contribution in [0, 0.1) is 10.1 Å². The van der Waals surface area contributed by atoms with Gasteiger partial charge in [-0.25, -0.2) is 8.42 Å². The van der Waals surface area contributed by atoms with E-state index in [2.05, 4.69) is 29.2 Å². The molecule has 0 bridgehead atoms. The van der Waals surface area contributed by atoms with Gasteiger partial charge in [-0.05, 0) is 22.4 Å². The molecule has 1 amide bonds. The van der Waals surface area contributed by atoms with Crippen molar-refractivity contribution in [2.45, 2.75) is 11.4 Å². The molecule has 1 aliphatic rings. The maximum Gasteiger partial charge on any atom is 0.271 e. The SMILES string of the molecule is CS(=O)(=O)c1cc(C(=O)N2CCN(Cc3cccc4ccccc34)CC2)cc([N+](=O)[O-])c1. The molecule has 8 nitrogen and oxygen atoms in total. The molecule has 1 fully saturated rings. The van der Waals surface area contributed by atoms with Crippen LogP contribution in [-0.4, -0.2) is 61.5 Å². The minimum Gasteiger partial charge on any atom is -0.336 e. The number of nitro benzene ring substituents is 1. The molecule has 0 spiro atoms. The first-order valence-corrected chi connectivity index (χ1v) is 12.1. The van der Waals surface area contributed by atoms with Gasteiger partial charge in [-0.15, -0.1) is 0 Å².